The average molecular weight is 201 g/mol. The molecule has 1 aliphatic carbocycles. The van der Waals surface area contributed by atoms with Crippen LogP contribution < -0.4 is 0 Å². The molecule has 1 radical (unpaired) electrons. The van der Waals surface area contributed by atoms with E-state index in [0.29, 0.717) is 5.04 Å². The summed E-state index contributed by atoms with van der Waals surface area (Å²) in [6.07, 6.45) is 5.29. The van der Waals surface area contributed by atoms with E-state index in [2.05, 4.69) is 20.8 Å². The summed E-state index contributed by atoms with van der Waals surface area (Å²) in [5.74, 6) is 0. The number of rotatable bonds is 5. The van der Waals surface area contributed by atoms with Gasteiger partial charge in [0, 0.05) is 18.3 Å². The average Bonchev–Trinajstić information content (AvgIpc) is 2.53. The highest BCUT2D eigenvalue weighted by Crippen LogP contribution is 2.47. The first-order valence-corrected chi connectivity index (χ1v) is 6.67. The van der Waals surface area contributed by atoms with Gasteiger partial charge in [-0.1, -0.05) is 19.8 Å². The van der Waals surface area contributed by atoms with E-state index in [-0.39, 0.29) is 0 Å². The van der Waals surface area contributed by atoms with Gasteiger partial charge in [0.2, 0.25) is 0 Å². The minimum absolute atomic E-state index is 0.372. The molecule has 0 unspecified atom stereocenters. The van der Waals surface area contributed by atoms with Crippen molar-refractivity contribution in [2.45, 2.75) is 51.5 Å². The second-order valence-corrected chi connectivity index (χ2v) is 6.28. The Labute approximate surface area is 83.5 Å². The minimum Gasteiger partial charge on any atom is -0.393 e. The predicted octanol–water partition coefficient (Wildman–Crippen LogP) is 2.88. The Balaban J connectivity index is 2.50. The van der Waals surface area contributed by atoms with Crippen molar-refractivity contribution >= 4 is 9.28 Å². The Kier molecular flexibility index (Phi) is 4.42. The van der Waals surface area contributed by atoms with Crippen molar-refractivity contribution in [1.29, 1.82) is 0 Å². The first-order chi connectivity index (χ1) is 6.23. The van der Waals surface area contributed by atoms with Gasteiger partial charge in [0.15, 0.2) is 0 Å². The van der Waals surface area contributed by atoms with Crippen molar-refractivity contribution in [2.75, 3.05) is 13.2 Å². The van der Waals surface area contributed by atoms with Crippen LogP contribution in [0.25, 0.3) is 0 Å². The molecular formula is C10H21O2Si. The van der Waals surface area contributed by atoms with Gasteiger partial charge in [-0.25, -0.2) is 0 Å². The zero-order valence-corrected chi connectivity index (χ0v) is 10.1. The van der Waals surface area contributed by atoms with Crippen LogP contribution in [0.15, 0.2) is 0 Å². The summed E-state index contributed by atoms with van der Waals surface area (Å²) >= 11 is 0. The van der Waals surface area contributed by atoms with Crippen LogP contribution in [0.1, 0.15) is 46.5 Å². The Morgan fingerprint density at radius 3 is 1.92 bits per heavy atom. The smallest absolute Gasteiger partial charge is 0.391 e. The molecule has 0 atom stereocenters. The lowest BCUT2D eigenvalue weighted by Crippen LogP contribution is -2.35. The maximum atomic E-state index is 5.75. The third-order valence-corrected chi connectivity index (χ3v) is 5.34. The van der Waals surface area contributed by atoms with Gasteiger partial charge in [-0.2, -0.15) is 0 Å². The lowest BCUT2D eigenvalue weighted by atomic mass is 10.1. The molecule has 0 aromatic rings. The van der Waals surface area contributed by atoms with Gasteiger partial charge in [-0.05, 0) is 26.7 Å². The van der Waals surface area contributed by atoms with Crippen molar-refractivity contribution < 1.29 is 8.85 Å². The third kappa shape index (κ3) is 2.79. The van der Waals surface area contributed by atoms with Crippen LogP contribution in [0.5, 0.6) is 0 Å². The molecule has 0 aromatic carbocycles. The first kappa shape index (κ1) is 11.2. The highest BCUT2D eigenvalue weighted by molar-refractivity contribution is 6.48. The van der Waals surface area contributed by atoms with Crippen molar-refractivity contribution in [3.63, 3.8) is 0 Å². The van der Waals surface area contributed by atoms with Gasteiger partial charge in [0.05, 0.1) is 0 Å². The largest absolute Gasteiger partial charge is 0.393 e. The van der Waals surface area contributed by atoms with E-state index in [0.717, 1.165) is 13.2 Å². The van der Waals surface area contributed by atoms with Gasteiger partial charge >= 0.3 is 9.28 Å². The summed E-state index contributed by atoms with van der Waals surface area (Å²) in [6.45, 7) is 8.04. The van der Waals surface area contributed by atoms with Crippen LogP contribution in [0.3, 0.4) is 0 Å². The fourth-order valence-electron chi connectivity index (χ4n) is 2.01. The predicted molar refractivity (Wildman–Crippen MR) is 55.8 cm³/mol. The molecule has 0 spiro atoms. The van der Waals surface area contributed by atoms with E-state index >= 15 is 0 Å². The fraction of sp³-hybridized carbons (Fsp3) is 1.00. The monoisotopic (exact) mass is 201 g/mol. The van der Waals surface area contributed by atoms with Gasteiger partial charge < -0.3 is 8.85 Å². The van der Waals surface area contributed by atoms with Crippen molar-refractivity contribution in [1.82, 2.24) is 0 Å². The van der Waals surface area contributed by atoms with Gasteiger partial charge in [-0.15, -0.1) is 0 Å². The van der Waals surface area contributed by atoms with E-state index in [1.807, 2.05) is 0 Å². The van der Waals surface area contributed by atoms with Crippen LogP contribution in [-0.2, 0) is 8.85 Å². The highest BCUT2D eigenvalue weighted by Gasteiger charge is 2.42. The molecule has 1 saturated carbocycles. The molecule has 0 aliphatic heterocycles. The summed E-state index contributed by atoms with van der Waals surface area (Å²) in [6, 6.07) is 0. The van der Waals surface area contributed by atoms with E-state index < -0.39 is 9.28 Å². The molecular weight excluding hydrogens is 180 g/mol. The number of hydrogen-bond acceptors (Lipinski definition) is 2. The topological polar surface area (TPSA) is 18.5 Å². The molecule has 0 amide bonds. The highest BCUT2D eigenvalue weighted by atomic mass is 28.3. The van der Waals surface area contributed by atoms with Crippen molar-refractivity contribution in [3.05, 3.63) is 0 Å². The molecule has 13 heavy (non-hydrogen) atoms. The Morgan fingerprint density at radius 1 is 1.08 bits per heavy atom. The lowest BCUT2D eigenvalue weighted by molar-refractivity contribution is 0.187. The number of hydrogen-bond donors (Lipinski definition) is 0. The minimum atomic E-state index is -1.02. The summed E-state index contributed by atoms with van der Waals surface area (Å²) < 4.78 is 11.5. The molecule has 1 rings (SSSR count). The Bertz CT molecular complexity index is 138. The molecule has 77 valence electrons. The fourth-order valence-corrected chi connectivity index (χ4v) is 4.08. The van der Waals surface area contributed by atoms with Gasteiger partial charge in [0.1, 0.15) is 0 Å². The quantitative estimate of drug-likeness (QED) is 0.637. The second kappa shape index (κ2) is 5.13. The molecule has 0 aromatic heterocycles. The van der Waals surface area contributed by atoms with Crippen LogP contribution >= 0.6 is 0 Å². The standard InChI is InChI=1S/C10H21O2Si/c1-4-11-13(12-5-2)10(3)8-6-7-9-10/h4-9H2,1-3H3. The van der Waals surface area contributed by atoms with E-state index in [1.165, 1.54) is 25.7 Å². The second-order valence-electron chi connectivity index (χ2n) is 3.92. The Morgan fingerprint density at radius 2 is 1.54 bits per heavy atom. The molecule has 3 heteroatoms. The zero-order chi connectivity index (χ0) is 9.73. The van der Waals surface area contributed by atoms with E-state index in [9.17, 15) is 0 Å². The summed E-state index contributed by atoms with van der Waals surface area (Å²) in [5, 5.41) is 0.372. The van der Waals surface area contributed by atoms with Crippen LogP contribution in [0.4, 0.5) is 0 Å². The third-order valence-electron chi connectivity index (χ3n) is 2.75. The van der Waals surface area contributed by atoms with Gasteiger partial charge in [-0.3, -0.25) is 0 Å². The maximum Gasteiger partial charge on any atom is 0.391 e. The summed E-state index contributed by atoms with van der Waals surface area (Å²) in [4.78, 5) is 0. The molecule has 0 N–H and O–H groups in total. The van der Waals surface area contributed by atoms with Crippen LogP contribution in [0, 0.1) is 0 Å². The van der Waals surface area contributed by atoms with Crippen LogP contribution in [0.2, 0.25) is 5.04 Å². The molecule has 2 nitrogen and oxygen atoms in total. The molecule has 0 saturated heterocycles. The lowest BCUT2D eigenvalue weighted by Gasteiger charge is -2.29. The summed E-state index contributed by atoms with van der Waals surface area (Å²) in [7, 11) is -1.02. The molecule has 0 heterocycles. The molecule has 1 aliphatic rings. The summed E-state index contributed by atoms with van der Waals surface area (Å²) in [5.41, 5.74) is 0. The van der Waals surface area contributed by atoms with Gasteiger partial charge in [0.25, 0.3) is 0 Å². The van der Waals surface area contributed by atoms with E-state index in [4.69, 9.17) is 8.85 Å². The first-order valence-electron chi connectivity index (χ1n) is 5.36. The molecule has 0 bridgehead atoms. The SMILES string of the molecule is CCO[Si](OCC)C1(C)CCCC1. The molecule has 1 fully saturated rings. The Hall–Kier alpha value is 0.137. The van der Waals surface area contributed by atoms with Crippen LogP contribution in [-0.4, -0.2) is 22.5 Å². The van der Waals surface area contributed by atoms with E-state index in [1.54, 1.807) is 0 Å². The maximum absolute atomic E-state index is 5.75. The van der Waals surface area contributed by atoms with Crippen molar-refractivity contribution in [2.24, 2.45) is 0 Å². The van der Waals surface area contributed by atoms with Crippen molar-refractivity contribution in [3.8, 4) is 0 Å². The zero-order valence-electron chi connectivity index (χ0n) is 9.06. The normalized spacial score (nSPS) is 21.2.